The number of halogens is 2. The monoisotopic (exact) mass is 376 g/mol. The van der Waals surface area contributed by atoms with Gasteiger partial charge in [-0.25, -0.2) is 0 Å². The number of benzene rings is 3. The van der Waals surface area contributed by atoms with E-state index in [9.17, 15) is 20.0 Å². The van der Waals surface area contributed by atoms with Crippen LogP contribution in [0.1, 0.15) is 10.4 Å². The average molecular weight is 377 g/mol. The molecule has 6 nitrogen and oxygen atoms in total. The first-order valence-corrected chi connectivity index (χ1v) is 7.79. The second-order valence-electron chi connectivity index (χ2n) is 5.21. The maximum atomic E-state index is 12.5. The SMILES string of the molecule is O=C(Nc1cc(Cl)c([N+](=O)[O-])cc1Cl)c1cc2ccccc2cc1O. The minimum absolute atomic E-state index is 0.0373. The molecule has 1 amide bonds. The third-order valence-corrected chi connectivity index (χ3v) is 4.21. The van der Waals surface area contributed by atoms with Gasteiger partial charge in [0.25, 0.3) is 11.6 Å². The van der Waals surface area contributed by atoms with Gasteiger partial charge in [-0.2, -0.15) is 0 Å². The van der Waals surface area contributed by atoms with E-state index >= 15 is 0 Å². The molecule has 0 unspecified atom stereocenters. The fraction of sp³-hybridized carbons (Fsp3) is 0. The quantitative estimate of drug-likeness (QED) is 0.496. The van der Waals surface area contributed by atoms with Crippen molar-refractivity contribution in [3.05, 3.63) is 74.3 Å². The number of carbonyl (C=O) groups is 1. The topological polar surface area (TPSA) is 92.5 Å². The first-order chi connectivity index (χ1) is 11.9. The van der Waals surface area contributed by atoms with E-state index in [1.54, 1.807) is 12.1 Å². The highest BCUT2D eigenvalue weighted by molar-refractivity contribution is 6.37. The molecule has 0 heterocycles. The summed E-state index contributed by atoms with van der Waals surface area (Å²) in [6, 6.07) is 12.5. The Bertz CT molecular complexity index is 1020. The van der Waals surface area contributed by atoms with Crippen LogP contribution in [0.4, 0.5) is 11.4 Å². The molecule has 126 valence electrons. The van der Waals surface area contributed by atoms with Gasteiger partial charge in [-0.15, -0.1) is 0 Å². The van der Waals surface area contributed by atoms with Gasteiger partial charge in [-0.1, -0.05) is 47.5 Å². The fourth-order valence-electron chi connectivity index (χ4n) is 2.37. The molecule has 3 aromatic rings. The predicted octanol–water partition coefficient (Wildman–Crippen LogP) is 5.01. The molecule has 0 atom stereocenters. The molecular formula is C17H10Cl2N2O4. The molecule has 8 heteroatoms. The molecule has 0 aromatic heterocycles. The van der Waals surface area contributed by atoms with Gasteiger partial charge in [0.1, 0.15) is 10.8 Å². The number of phenols is 1. The number of aromatic hydroxyl groups is 1. The summed E-state index contributed by atoms with van der Waals surface area (Å²) in [6.45, 7) is 0. The number of anilines is 1. The van der Waals surface area contributed by atoms with E-state index in [-0.39, 0.29) is 32.7 Å². The van der Waals surface area contributed by atoms with Gasteiger partial charge in [-0.05, 0) is 29.0 Å². The number of nitrogens with one attached hydrogen (secondary N) is 1. The summed E-state index contributed by atoms with van der Waals surface area (Å²) in [5, 5.41) is 24.8. The lowest BCUT2D eigenvalue weighted by molar-refractivity contribution is -0.384. The molecule has 0 radical (unpaired) electrons. The lowest BCUT2D eigenvalue weighted by atomic mass is 10.1. The molecule has 0 fully saturated rings. The van der Waals surface area contributed by atoms with Crippen molar-refractivity contribution in [3.63, 3.8) is 0 Å². The second-order valence-corrected chi connectivity index (χ2v) is 6.03. The van der Waals surface area contributed by atoms with Crippen molar-refractivity contribution in [2.45, 2.75) is 0 Å². The third-order valence-electron chi connectivity index (χ3n) is 3.59. The van der Waals surface area contributed by atoms with Crippen LogP contribution in [0.15, 0.2) is 48.5 Å². The number of nitro benzene ring substituents is 1. The highest BCUT2D eigenvalue weighted by atomic mass is 35.5. The zero-order valence-corrected chi connectivity index (χ0v) is 14.0. The third kappa shape index (κ3) is 3.35. The molecule has 0 aliphatic heterocycles. The number of nitro groups is 1. The number of nitrogens with zero attached hydrogens (tertiary/aromatic N) is 1. The molecule has 0 aliphatic rings. The first-order valence-electron chi connectivity index (χ1n) is 7.03. The molecule has 3 aromatic carbocycles. The Morgan fingerprint density at radius 2 is 1.68 bits per heavy atom. The number of phenolic OH excluding ortho intramolecular Hbond substituents is 1. The Kier molecular flexibility index (Phi) is 4.48. The standard InChI is InChI=1S/C17H10Cl2N2O4/c18-12-8-15(21(24)25)13(19)7-14(12)20-17(23)11-5-9-3-1-2-4-10(9)6-16(11)22/h1-8,22H,(H,20,23). The highest BCUT2D eigenvalue weighted by Gasteiger charge is 2.19. The zero-order valence-electron chi connectivity index (χ0n) is 12.5. The normalized spacial score (nSPS) is 10.6. The van der Waals surface area contributed by atoms with Crippen molar-refractivity contribution in [1.82, 2.24) is 0 Å². The molecule has 0 spiro atoms. The maximum absolute atomic E-state index is 12.5. The van der Waals surface area contributed by atoms with Crippen molar-refractivity contribution >= 4 is 51.3 Å². The van der Waals surface area contributed by atoms with Crippen LogP contribution in [-0.2, 0) is 0 Å². The molecule has 3 rings (SSSR count). The number of carbonyl (C=O) groups excluding carboxylic acids is 1. The molecule has 0 saturated heterocycles. The van der Waals surface area contributed by atoms with Crippen LogP contribution >= 0.6 is 23.2 Å². The van der Waals surface area contributed by atoms with Gasteiger partial charge in [0.2, 0.25) is 0 Å². The van der Waals surface area contributed by atoms with E-state index in [0.717, 1.165) is 16.8 Å². The van der Waals surface area contributed by atoms with E-state index < -0.39 is 10.8 Å². The van der Waals surface area contributed by atoms with Crippen molar-refractivity contribution in [2.75, 3.05) is 5.32 Å². The Balaban J connectivity index is 1.96. The van der Waals surface area contributed by atoms with Crippen molar-refractivity contribution in [1.29, 1.82) is 0 Å². The molecule has 2 N–H and O–H groups in total. The molecular weight excluding hydrogens is 367 g/mol. The van der Waals surface area contributed by atoms with Crippen LogP contribution in [0.25, 0.3) is 10.8 Å². The molecule has 0 saturated carbocycles. The van der Waals surface area contributed by atoms with Crippen molar-refractivity contribution < 1.29 is 14.8 Å². The largest absolute Gasteiger partial charge is 0.507 e. The predicted molar refractivity (Wildman–Crippen MR) is 96.7 cm³/mol. The van der Waals surface area contributed by atoms with E-state index in [4.69, 9.17) is 23.2 Å². The molecule has 25 heavy (non-hydrogen) atoms. The second kappa shape index (κ2) is 6.58. The number of rotatable bonds is 3. The smallest absolute Gasteiger partial charge is 0.289 e. The van der Waals surface area contributed by atoms with Crippen LogP contribution in [0.2, 0.25) is 10.0 Å². The maximum Gasteiger partial charge on any atom is 0.289 e. The average Bonchev–Trinajstić information content (AvgIpc) is 2.56. The number of hydrogen-bond donors (Lipinski definition) is 2. The summed E-state index contributed by atoms with van der Waals surface area (Å²) in [6.07, 6.45) is 0. The first kappa shape index (κ1) is 17.0. The number of amides is 1. The Morgan fingerprint density at radius 3 is 2.32 bits per heavy atom. The molecule has 0 aliphatic carbocycles. The van der Waals surface area contributed by atoms with E-state index in [1.807, 2.05) is 18.2 Å². The minimum atomic E-state index is -0.672. The summed E-state index contributed by atoms with van der Waals surface area (Å²) in [5.74, 6) is -0.810. The molecule has 0 bridgehead atoms. The van der Waals surface area contributed by atoms with Crippen molar-refractivity contribution in [3.8, 4) is 5.75 Å². The highest BCUT2D eigenvalue weighted by Crippen LogP contribution is 2.34. The summed E-state index contributed by atoms with van der Waals surface area (Å²) < 4.78 is 0. The minimum Gasteiger partial charge on any atom is -0.507 e. The van der Waals surface area contributed by atoms with Crippen LogP contribution in [0, 0.1) is 10.1 Å². The lowest BCUT2D eigenvalue weighted by Gasteiger charge is -2.10. The Labute approximate surface area is 151 Å². The van der Waals surface area contributed by atoms with Crippen LogP contribution in [-0.4, -0.2) is 15.9 Å². The summed E-state index contributed by atoms with van der Waals surface area (Å²) >= 11 is 11.8. The van der Waals surface area contributed by atoms with Gasteiger partial charge in [0.15, 0.2) is 0 Å². The van der Waals surface area contributed by atoms with Gasteiger partial charge in [0.05, 0.1) is 21.2 Å². The van der Waals surface area contributed by atoms with E-state index in [2.05, 4.69) is 5.32 Å². The van der Waals surface area contributed by atoms with E-state index in [0.29, 0.717) is 0 Å². The van der Waals surface area contributed by atoms with Crippen LogP contribution < -0.4 is 5.32 Å². The summed E-state index contributed by atoms with van der Waals surface area (Å²) in [5.41, 5.74) is -0.211. The lowest BCUT2D eigenvalue weighted by Crippen LogP contribution is -2.12. The fourth-order valence-corrected chi connectivity index (χ4v) is 2.81. The number of fused-ring (bicyclic) bond motifs is 1. The number of hydrogen-bond acceptors (Lipinski definition) is 4. The van der Waals surface area contributed by atoms with Gasteiger partial charge in [0, 0.05) is 6.07 Å². The summed E-state index contributed by atoms with van der Waals surface area (Å²) in [4.78, 5) is 22.6. The van der Waals surface area contributed by atoms with Gasteiger partial charge < -0.3 is 10.4 Å². The van der Waals surface area contributed by atoms with E-state index in [1.165, 1.54) is 12.1 Å². The Hall–Kier alpha value is -2.83. The van der Waals surface area contributed by atoms with Crippen molar-refractivity contribution in [2.24, 2.45) is 0 Å². The zero-order chi connectivity index (χ0) is 18.1. The summed E-state index contributed by atoms with van der Waals surface area (Å²) in [7, 11) is 0. The van der Waals surface area contributed by atoms with Gasteiger partial charge >= 0.3 is 0 Å². The van der Waals surface area contributed by atoms with Crippen LogP contribution in [0.3, 0.4) is 0 Å². The van der Waals surface area contributed by atoms with Gasteiger partial charge in [-0.3, -0.25) is 14.9 Å². The van der Waals surface area contributed by atoms with Crippen LogP contribution in [0.5, 0.6) is 5.75 Å². The Morgan fingerprint density at radius 1 is 1.04 bits per heavy atom.